The minimum absolute atomic E-state index is 0.191. The van der Waals surface area contributed by atoms with Crippen LogP contribution in [0.5, 0.6) is 5.75 Å². The van der Waals surface area contributed by atoms with Gasteiger partial charge in [0.05, 0.1) is 6.54 Å². The van der Waals surface area contributed by atoms with Crippen molar-refractivity contribution in [2.75, 3.05) is 13.2 Å². The van der Waals surface area contributed by atoms with Crippen molar-refractivity contribution < 1.29 is 9.53 Å². The van der Waals surface area contributed by atoms with Gasteiger partial charge in [-0.15, -0.1) is 0 Å². The van der Waals surface area contributed by atoms with Crippen molar-refractivity contribution in [3.8, 4) is 5.75 Å². The molecule has 1 aromatic rings. The molecule has 5 heteroatoms. The van der Waals surface area contributed by atoms with E-state index in [1.54, 1.807) is 6.07 Å². The highest BCUT2D eigenvalue weighted by molar-refractivity contribution is 6.30. The van der Waals surface area contributed by atoms with E-state index in [0.717, 1.165) is 11.3 Å². The van der Waals surface area contributed by atoms with E-state index in [9.17, 15) is 4.79 Å². The van der Waals surface area contributed by atoms with Crippen molar-refractivity contribution in [3.63, 3.8) is 0 Å². The van der Waals surface area contributed by atoms with Crippen LogP contribution in [0.25, 0.3) is 0 Å². The van der Waals surface area contributed by atoms with E-state index in [1.165, 1.54) is 0 Å². The second kappa shape index (κ2) is 6.66. The number of benzene rings is 1. The number of hydrogen-bond donors (Lipinski definition) is 2. The Labute approximate surface area is 119 Å². The minimum atomic E-state index is -0.238. The number of aryl methyl sites for hydroxylation is 1. The van der Waals surface area contributed by atoms with Crippen LogP contribution in [0, 0.1) is 6.92 Å². The SMILES string of the molecule is Cc1cc(Cl)ccc1OCCNC(=O)NC(C)(C)C. The number of halogens is 1. The fourth-order valence-electron chi connectivity index (χ4n) is 1.49. The van der Waals surface area contributed by atoms with Crippen LogP contribution in [-0.4, -0.2) is 24.7 Å². The predicted octanol–water partition coefficient (Wildman–Crippen LogP) is 3.12. The first-order valence-electron chi connectivity index (χ1n) is 6.23. The number of rotatable bonds is 4. The van der Waals surface area contributed by atoms with Crippen LogP contribution < -0.4 is 15.4 Å². The number of carbonyl (C=O) groups is 1. The van der Waals surface area contributed by atoms with Crippen molar-refractivity contribution >= 4 is 17.6 Å². The Hall–Kier alpha value is -1.42. The molecule has 0 radical (unpaired) electrons. The lowest BCUT2D eigenvalue weighted by molar-refractivity contribution is 0.228. The molecule has 106 valence electrons. The first-order chi connectivity index (χ1) is 8.78. The Kier molecular flexibility index (Phi) is 5.48. The summed E-state index contributed by atoms with van der Waals surface area (Å²) in [4.78, 5) is 11.5. The van der Waals surface area contributed by atoms with Gasteiger partial charge in [-0.2, -0.15) is 0 Å². The zero-order valence-electron chi connectivity index (χ0n) is 11.8. The first-order valence-corrected chi connectivity index (χ1v) is 6.61. The molecule has 0 unspecified atom stereocenters. The zero-order valence-corrected chi connectivity index (χ0v) is 12.6. The molecule has 0 atom stereocenters. The van der Waals surface area contributed by atoms with E-state index in [1.807, 2.05) is 39.8 Å². The molecule has 2 amide bonds. The maximum absolute atomic E-state index is 11.5. The normalized spacial score (nSPS) is 11.0. The molecule has 1 aromatic carbocycles. The molecule has 0 aliphatic carbocycles. The Morgan fingerprint density at radius 2 is 2.05 bits per heavy atom. The standard InChI is InChI=1S/C14H21ClN2O2/c1-10-9-11(15)5-6-12(10)19-8-7-16-13(18)17-14(2,3)4/h5-6,9H,7-8H2,1-4H3,(H2,16,17,18). The van der Waals surface area contributed by atoms with E-state index < -0.39 is 0 Å². The van der Waals surface area contributed by atoms with Crippen molar-refractivity contribution in [2.24, 2.45) is 0 Å². The number of hydrogen-bond acceptors (Lipinski definition) is 2. The van der Waals surface area contributed by atoms with Gasteiger partial charge >= 0.3 is 6.03 Å². The molecule has 0 spiro atoms. The second-order valence-electron chi connectivity index (χ2n) is 5.39. The molecule has 0 heterocycles. The Morgan fingerprint density at radius 3 is 2.63 bits per heavy atom. The maximum Gasteiger partial charge on any atom is 0.315 e. The maximum atomic E-state index is 11.5. The number of amides is 2. The first kappa shape index (κ1) is 15.6. The minimum Gasteiger partial charge on any atom is -0.491 e. The van der Waals surface area contributed by atoms with Crippen molar-refractivity contribution in [1.29, 1.82) is 0 Å². The topological polar surface area (TPSA) is 50.4 Å². The van der Waals surface area contributed by atoms with E-state index in [0.29, 0.717) is 18.2 Å². The lowest BCUT2D eigenvalue weighted by Gasteiger charge is -2.20. The summed E-state index contributed by atoms with van der Waals surface area (Å²) < 4.78 is 5.57. The van der Waals surface area contributed by atoms with Crippen LogP contribution in [0.2, 0.25) is 5.02 Å². The third-order valence-corrected chi connectivity index (χ3v) is 2.51. The molecule has 19 heavy (non-hydrogen) atoms. The molecule has 0 saturated carbocycles. The van der Waals surface area contributed by atoms with Crippen molar-refractivity contribution in [1.82, 2.24) is 10.6 Å². The van der Waals surface area contributed by atoms with Crippen LogP contribution in [0.3, 0.4) is 0 Å². The van der Waals surface area contributed by atoms with Crippen LogP contribution in [0.1, 0.15) is 26.3 Å². The monoisotopic (exact) mass is 284 g/mol. The fourth-order valence-corrected chi connectivity index (χ4v) is 1.71. The van der Waals surface area contributed by atoms with E-state index in [4.69, 9.17) is 16.3 Å². The molecule has 0 aliphatic rings. The van der Waals surface area contributed by atoms with Crippen molar-refractivity contribution in [2.45, 2.75) is 33.2 Å². The van der Waals surface area contributed by atoms with Gasteiger partial charge in [0.15, 0.2) is 0 Å². The van der Waals surface area contributed by atoms with E-state index in [-0.39, 0.29) is 11.6 Å². The van der Waals surface area contributed by atoms with Gasteiger partial charge in [-0.1, -0.05) is 11.6 Å². The van der Waals surface area contributed by atoms with Gasteiger partial charge in [0, 0.05) is 10.6 Å². The molecule has 0 saturated heterocycles. The Morgan fingerprint density at radius 1 is 1.37 bits per heavy atom. The Bertz CT molecular complexity index is 442. The summed E-state index contributed by atoms with van der Waals surface area (Å²) in [6, 6.07) is 5.26. The summed E-state index contributed by atoms with van der Waals surface area (Å²) in [6.07, 6.45) is 0. The molecule has 0 aromatic heterocycles. The Balaban J connectivity index is 2.29. The third-order valence-electron chi connectivity index (χ3n) is 2.27. The van der Waals surface area contributed by atoms with Crippen LogP contribution >= 0.6 is 11.6 Å². The summed E-state index contributed by atoms with van der Waals surface area (Å²) in [5.74, 6) is 0.780. The lowest BCUT2D eigenvalue weighted by atomic mass is 10.1. The average Bonchev–Trinajstić information content (AvgIpc) is 2.24. The quantitative estimate of drug-likeness (QED) is 0.835. The molecular weight excluding hydrogens is 264 g/mol. The van der Waals surface area contributed by atoms with Crippen LogP contribution in [-0.2, 0) is 0 Å². The summed E-state index contributed by atoms with van der Waals surface area (Å²) in [5.41, 5.74) is 0.740. The van der Waals surface area contributed by atoms with Crippen molar-refractivity contribution in [3.05, 3.63) is 28.8 Å². The smallest absolute Gasteiger partial charge is 0.315 e. The highest BCUT2D eigenvalue weighted by atomic mass is 35.5. The van der Waals surface area contributed by atoms with Gasteiger partial charge in [0.1, 0.15) is 12.4 Å². The lowest BCUT2D eigenvalue weighted by Crippen LogP contribution is -2.47. The zero-order chi connectivity index (χ0) is 14.5. The summed E-state index contributed by atoms with van der Waals surface area (Å²) in [6.45, 7) is 8.59. The second-order valence-corrected chi connectivity index (χ2v) is 5.83. The average molecular weight is 285 g/mol. The molecule has 0 aliphatic heterocycles. The highest BCUT2D eigenvalue weighted by Gasteiger charge is 2.12. The van der Waals surface area contributed by atoms with Gasteiger partial charge in [-0.25, -0.2) is 4.79 Å². The van der Waals surface area contributed by atoms with Gasteiger partial charge in [0.25, 0.3) is 0 Å². The van der Waals surface area contributed by atoms with Gasteiger partial charge in [-0.05, 0) is 51.5 Å². The number of urea groups is 1. The van der Waals surface area contributed by atoms with Gasteiger partial charge in [-0.3, -0.25) is 0 Å². The molecule has 1 rings (SSSR count). The number of carbonyl (C=O) groups excluding carboxylic acids is 1. The van der Waals surface area contributed by atoms with E-state index >= 15 is 0 Å². The molecular formula is C14H21ClN2O2. The number of ether oxygens (including phenoxy) is 1. The summed E-state index contributed by atoms with van der Waals surface area (Å²) >= 11 is 5.86. The molecule has 4 nitrogen and oxygen atoms in total. The van der Waals surface area contributed by atoms with Crippen LogP contribution in [0.4, 0.5) is 4.79 Å². The highest BCUT2D eigenvalue weighted by Crippen LogP contribution is 2.21. The summed E-state index contributed by atoms with van der Waals surface area (Å²) in [5, 5.41) is 6.24. The fraction of sp³-hybridized carbons (Fsp3) is 0.500. The van der Waals surface area contributed by atoms with Gasteiger partial charge < -0.3 is 15.4 Å². The number of nitrogens with one attached hydrogen (secondary N) is 2. The largest absolute Gasteiger partial charge is 0.491 e. The third kappa shape index (κ3) is 6.34. The summed E-state index contributed by atoms with van der Waals surface area (Å²) in [7, 11) is 0. The molecule has 2 N–H and O–H groups in total. The molecule has 0 bridgehead atoms. The van der Waals surface area contributed by atoms with Gasteiger partial charge in [0.2, 0.25) is 0 Å². The predicted molar refractivity (Wildman–Crippen MR) is 78.0 cm³/mol. The molecule has 0 fully saturated rings. The van der Waals surface area contributed by atoms with Crippen LogP contribution in [0.15, 0.2) is 18.2 Å². The van der Waals surface area contributed by atoms with E-state index in [2.05, 4.69) is 10.6 Å².